The Bertz CT molecular complexity index is 1110. The zero-order valence-corrected chi connectivity index (χ0v) is 18.2. The Kier molecular flexibility index (Phi) is 5.93. The van der Waals surface area contributed by atoms with Gasteiger partial charge in [0.15, 0.2) is 0 Å². The molecule has 4 nitrogen and oxygen atoms in total. The molecule has 1 N–H and O–H groups in total. The number of aromatic nitrogens is 1. The van der Waals surface area contributed by atoms with Crippen molar-refractivity contribution in [2.24, 2.45) is 0 Å². The summed E-state index contributed by atoms with van der Waals surface area (Å²) in [6, 6.07) is 10.9. The highest BCUT2D eigenvalue weighted by molar-refractivity contribution is 7.89. The molecule has 2 aromatic carbocycles. The molecule has 27 heavy (non-hydrogen) atoms. The van der Waals surface area contributed by atoms with E-state index in [0.717, 1.165) is 26.7 Å². The first-order valence-corrected chi connectivity index (χ1v) is 11.2. The van der Waals surface area contributed by atoms with Gasteiger partial charge >= 0.3 is 0 Å². The van der Waals surface area contributed by atoms with Crippen LogP contribution < -0.4 is 4.72 Å². The van der Waals surface area contributed by atoms with Crippen LogP contribution >= 0.6 is 34.5 Å². The van der Waals surface area contributed by atoms with Gasteiger partial charge in [0.25, 0.3) is 0 Å². The Balaban J connectivity index is 1.85. The van der Waals surface area contributed by atoms with Gasteiger partial charge in [0.2, 0.25) is 10.0 Å². The van der Waals surface area contributed by atoms with Crippen molar-refractivity contribution < 1.29 is 8.42 Å². The van der Waals surface area contributed by atoms with Crippen LogP contribution in [-0.4, -0.2) is 13.4 Å². The van der Waals surface area contributed by atoms with Crippen LogP contribution in [0.3, 0.4) is 0 Å². The molecule has 0 bridgehead atoms. The Morgan fingerprint density at radius 1 is 1.04 bits per heavy atom. The first kappa shape index (κ1) is 20.3. The van der Waals surface area contributed by atoms with Crippen LogP contribution in [0.5, 0.6) is 0 Å². The number of hydrogen-bond acceptors (Lipinski definition) is 4. The third-order valence-corrected chi connectivity index (χ3v) is 7.66. The minimum atomic E-state index is -3.77. The molecule has 1 aromatic heterocycles. The van der Waals surface area contributed by atoms with Crippen LogP contribution in [0.2, 0.25) is 10.0 Å². The lowest BCUT2D eigenvalue weighted by molar-refractivity contribution is 0.581. The first-order valence-electron chi connectivity index (χ1n) is 8.16. The van der Waals surface area contributed by atoms with Crippen molar-refractivity contribution in [3.8, 4) is 10.6 Å². The van der Waals surface area contributed by atoms with Gasteiger partial charge in [-0.15, -0.1) is 11.3 Å². The van der Waals surface area contributed by atoms with Crippen molar-refractivity contribution in [3.05, 3.63) is 68.1 Å². The number of hydrogen-bond donors (Lipinski definition) is 1. The molecule has 0 aliphatic carbocycles. The predicted octanol–water partition coefficient (Wildman–Crippen LogP) is 5.52. The van der Waals surface area contributed by atoms with E-state index in [-0.39, 0.29) is 16.5 Å². The predicted molar refractivity (Wildman–Crippen MR) is 112 cm³/mol. The highest BCUT2D eigenvalue weighted by Crippen LogP contribution is 2.31. The summed E-state index contributed by atoms with van der Waals surface area (Å²) in [7, 11) is -3.77. The molecule has 3 aromatic rings. The van der Waals surface area contributed by atoms with Gasteiger partial charge in [-0.3, -0.25) is 0 Å². The van der Waals surface area contributed by atoms with E-state index in [0.29, 0.717) is 10.6 Å². The SMILES string of the molecule is Cc1cc(S(=O)(=O)NCc2sc(-c3ccccc3C)nc2C)c(Cl)cc1Cl. The summed E-state index contributed by atoms with van der Waals surface area (Å²) < 4.78 is 28.0. The van der Waals surface area contributed by atoms with Crippen molar-refractivity contribution in [2.75, 3.05) is 0 Å². The second-order valence-electron chi connectivity index (χ2n) is 6.20. The van der Waals surface area contributed by atoms with E-state index < -0.39 is 10.0 Å². The van der Waals surface area contributed by atoms with Crippen molar-refractivity contribution in [1.29, 1.82) is 0 Å². The number of sulfonamides is 1. The van der Waals surface area contributed by atoms with E-state index >= 15 is 0 Å². The molecular weight excluding hydrogens is 423 g/mol. The van der Waals surface area contributed by atoms with Crippen LogP contribution in [0.1, 0.15) is 21.7 Å². The Labute approximate surface area is 173 Å². The molecule has 0 amide bonds. The first-order chi connectivity index (χ1) is 12.7. The van der Waals surface area contributed by atoms with Crippen LogP contribution in [0.15, 0.2) is 41.3 Å². The normalized spacial score (nSPS) is 11.7. The van der Waals surface area contributed by atoms with Crippen molar-refractivity contribution in [1.82, 2.24) is 9.71 Å². The van der Waals surface area contributed by atoms with E-state index in [4.69, 9.17) is 23.2 Å². The van der Waals surface area contributed by atoms with Gasteiger partial charge in [-0.25, -0.2) is 18.1 Å². The molecule has 0 fully saturated rings. The summed E-state index contributed by atoms with van der Waals surface area (Å²) in [5.41, 5.74) is 3.63. The fraction of sp³-hybridized carbons (Fsp3) is 0.211. The number of rotatable bonds is 5. The Morgan fingerprint density at radius 2 is 1.74 bits per heavy atom. The van der Waals surface area contributed by atoms with Crippen LogP contribution in [0.4, 0.5) is 0 Å². The van der Waals surface area contributed by atoms with Gasteiger partial charge < -0.3 is 0 Å². The molecule has 3 rings (SSSR count). The lowest BCUT2D eigenvalue weighted by Gasteiger charge is -2.09. The topological polar surface area (TPSA) is 59.1 Å². The van der Waals surface area contributed by atoms with Gasteiger partial charge in [-0.05, 0) is 44.0 Å². The number of nitrogens with one attached hydrogen (secondary N) is 1. The summed E-state index contributed by atoms with van der Waals surface area (Å²) in [4.78, 5) is 5.48. The largest absolute Gasteiger partial charge is 0.242 e. The van der Waals surface area contributed by atoms with E-state index in [9.17, 15) is 8.42 Å². The highest BCUT2D eigenvalue weighted by atomic mass is 35.5. The van der Waals surface area contributed by atoms with E-state index in [2.05, 4.69) is 9.71 Å². The zero-order valence-electron chi connectivity index (χ0n) is 15.0. The smallest absolute Gasteiger partial charge is 0.241 e. The standard InChI is InChI=1S/C19H18Cl2N2O2S2/c1-11-6-4-5-7-14(11)19-23-13(3)17(26-19)10-22-27(24,25)18-8-12(2)15(20)9-16(18)21/h4-9,22H,10H2,1-3H3. The van der Waals surface area contributed by atoms with Gasteiger partial charge in [0.1, 0.15) is 9.90 Å². The molecule has 8 heteroatoms. The number of nitrogens with zero attached hydrogens (tertiary/aromatic N) is 1. The molecule has 0 saturated heterocycles. The lowest BCUT2D eigenvalue weighted by Crippen LogP contribution is -2.23. The summed E-state index contributed by atoms with van der Waals surface area (Å²) in [5, 5.41) is 1.40. The molecule has 0 atom stereocenters. The fourth-order valence-electron chi connectivity index (χ4n) is 2.60. The van der Waals surface area contributed by atoms with Gasteiger partial charge in [-0.1, -0.05) is 47.5 Å². The summed E-state index contributed by atoms with van der Waals surface area (Å²) in [6.07, 6.45) is 0. The van der Waals surface area contributed by atoms with E-state index in [1.54, 1.807) is 6.92 Å². The van der Waals surface area contributed by atoms with Crippen molar-refractivity contribution >= 4 is 44.6 Å². The summed E-state index contributed by atoms with van der Waals surface area (Å²) >= 11 is 13.6. The number of thiazole rings is 1. The van der Waals surface area contributed by atoms with Gasteiger partial charge in [0.05, 0.1) is 10.7 Å². The molecule has 0 spiro atoms. The second-order valence-corrected chi connectivity index (χ2v) is 9.83. The second kappa shape index (κ2) is 7.89. The van der Waals surface area contributed by atoms with E-state index in [1.165, 1.54) is 23.5 Å². The average molecular weight is 441 g/mol. The fourth-order valence-corrected chi connectivity index (χ4v) is 5.60. The van der Waals surface area contributed by atoms with Crippen LogP contribution in [0, 0.1) is 20.8 Å². The minimum Gasteiger partial charge on any atom is -0.241 e. The molecule has 142 valence electrons. The maximum atomic E-state index is 12.7. The quantitative estimate of drug-likeness (QED) is 0.567. The molecule has 0 aliphatic rings. The maximum Gasteiger partial charge on any atom is 0.242 e. The van der Waals surface area contributed by atoms with E-state index in [1.807, 2.05) is 38.1 Å². The zero-order chi connectivity index (χ0) is 19.8. The summed E-state index contributed by atoms with van der Waals surface area (Å²) in [5.74, 6) is 0. The van der Waals surface area contributed by atoms with Crippen molar-refractivity contribution in [2.45, 2.75) is 32.2 Å². The average Bonchev–Trinajstić information content (AvgIpc) is 2.97. The third kappa shape index (κ3) is 4.36. The summed E-state index contributed by atoms with van der Waals surface area (Å²) in [6.45, 7) is 5.79. The minimum absolute atomic E-state index is 0.0207. The Hall–Kier alpha value is -1.44. The molecule has 0 radical (unpaired) electrons. The number of halogens is 2. The monoisotopic (exact) mass is 440 g/mol. The Morgan fingerprint density at radius 3 is 2.44 bits per heavy atom. The third-order valence-electron chi connectivity index (χ3n) is 4.19. The molecule has 0 aliphatic heterocycles. The molecule has 0 unspecified atom stereocenters. The van der Waals surface area contributed by atoms with Crippen LogP contribution in [-0.2, 0) is 16.6 Å². The lowest BCUT2D eigenvalue weighted by atomic mass is 10.1. The molecular formula is C19H18Cl2N2O2S2. The maximum absolute atomic E-state index is 12.7. The van der Waals surface area contributed by atoms with Gasteiger partial charge in [0, 0.05) is 22.0 Å². The van der Waals surface area contributed by atoms with Gasteiger partial charge in [-0.2, -0.15) is 0 Å². The molecule has 0 saturated carbocycles. The highest BCUT2D eigenvalue weighted by Gasteiger charge is 2.20. The molecule has 1 heterocycles. The van der Waals surface area contributed by atoms with Crippen LogP contribution in [0.25, 0.3) is 10.6 Å². The van der Waals surface area contributed by atoms with Crippen molar-refractivity contribution in [3.63, 3.8) is 0 Å². The number of aryl methyl sites for hydroxylation is 3. The number of benzene rings is 2.